The Morgan fingerprint density at radius 2 is 0.930 bits per heavy atom. The van der Waals surface area contributed by atoms with Crippen molar-refractivity contribution in [3.63, 3.8) is 0 Å². The van der Waals surface area contributed by atoms with Gasteiger partial charge in [0.15, 0.2) is 0 Å². The summed E-state index contributed by atoms with van der Waals surface area (Å²) >= 11 is 0. The van der Waals surface area contributed by atoms with Crippen LogP contribution in [0.1, 0.15) is 0 Å². The van der Waals surface area contributed by atoms with Crippen molar-refractivity contribution >= 4 is 76.4 Å². The van der Waals surface area contributed by atoms with Crippen LogP contribution in [-0.4, -0.2) is 0 Å². The Balaban J connectivity index is 1.34. The van der Waals surface area contributed by atoms with Crippen molar-refractivity contribution < 1.29 is 13.3 Å². The second-order valence-electron chi connectivity index (χ2n) is 11.2. The SMILES string of the molecule is c1ccc2c(c1)oc1ccc(-c3c4ccccc4c(-c4cc5oc6ccccc6c5c5occc45)c4ccccc34)cc12. The van der Waals surface area contributed by atoms with Gasteiger partial charge in [-0.25, -0.2) is 0 Å². The van der Waals surface area contributed by atoms with E-state index in [1.54, 1.807) is 6.26 Å². The molecule has 0 aliphatic rings. The Bertz CT molecular complexity index is 2680. The van der Waals surface area contributed by atoms with Gasteiger partial charge in [-0.3, -0.25) is 0 Å². The lowest BCUT2D eigenvalue weighted by atomic mass is 9.85. The summed E-state index contributed by atoms with van der Waals surface area (Å²) < 4.78 is 18.8. The summed E-state index contributed by atoms with van der Waals surface area (Å²) in [5.74, 6) is 0. The molecule has 0 radical (unpaired) electrons. The highest BCUT2D eigenvalue weighted by atomic mass is 16.3. The van der Waals surface area contributed by atoms with Crippen LogP contribution in [0.2, 0.25) is 0 Å². The molecule has 3 heteroatoms. The second kappa shape index (κ2) is 8.37. The maximum absolute atomic E-state index is 6.41. The van der Waals surface area contributed by atoms with Gasteiger partial charge in [-0.2, -0.15) is 0 Å². The van der Waals surface area contributed by atoms with E-state index in [-0.39, 0.29) is 0 Å². The fourth-order valence-corrected chi connectivity index (χ4v) is 7.14. The maximum Gasteiger partial charge on any atom is 0.146 e. The summed E-state index contributed by atoms with van der Waals surface area (Å²) in [6, 6.07) is 44.8. The third-order valence-corrected chi connectivity index (χ3v) is 8.95. The van der Waals surface area contributed by atoms with E-state index in [1.807, 2.05) is 30.3 Å². The maximum atomic E-state index is 6.41. The van der Waals surface area contributed by atoms with Crippen molar-refractivity contribution in [2.24, 2.45) is 0 Å². The standard InChI is InChI=1S/C40H22O3/c1-3-12-27-25(10-1)37(23-17-18-35-31(21-23)24-9-5-7-15-33(24)42-35)26-11-2-4-13-28(26)38(27)32-22-36-39(40-29(32)19-20-41-40)30-14-6-8-16-34(30)43-36/h1-22H. The Labute approximate surface area is 245 Å². The Hall–Kier alpha value is -5.80. The van der Waals surface area contributed by atoms with Crippen LogP contribution in [-0.2, 0) is 0 Å². The van der Waals surface area contributed by atoms with Gasteiger partial charge in [0.25, 0.3) is 0 Å². The molecule has 0 aliphatic heterocycles. The fourth-order valence-electron chi connectivity index (χ4n) is 7.14. The predicted octanol–water partition coefficient (Wildman–Crippen LogP) is 11.9. The third-order valence-electron chi connectivity index (χ3n) is 8.95. The molecule has 3 heterocycles. The van der Waals surface area contributed by atoms with E-state index < -0.39 is 0 Å². The zero-order valence-electron chi connectivity index (χ0n) is 22.9. The highest BCUT2D eigenvalue weighted by Crippen LogP contribution is 2.48. The lowest BCUT2D eigenvalue weighted by Gasteiger charge is -2.18. The normalized spacial score (nSPS) is 12.2. The van der Waals surface area contributed by atoms with Crippen molar-refractivity contribution in [2.45, 2.75) is 0 Å². The van der Waals surface area contributed by atoms with E-state index in [2.05, 4.69) is 97.1 Å². The number of rotatable bonds is 2. The van der Waals surface area contributed by atoms with E-state index in [0.717, 1.165) is 60.4 Å². The average molecular weight is 551 g/mol. The summed E-state index contributed by atoms with van der Waals surface area (Å²) in [5.41, 5.74) is 9.01. The van der Waals surface area contributed by atoms with E-state index in [0.29, 0.717) is 0 Å². The minimum Gasteiger partial charge on any atom is -0.464 e. The molecule has 10 rings (SSSR count). The summed E-state index contributed by atoms with van der Waals surface area (Å²) in [6.07, 6.45) is 1.79. The Morgan fingerprint density at radius 3 is 1.65 bits per heavy atom. The van der Waals surface area contributed by atoms with Gasteiger partial charge in [-0.05, 0) is 80.2 Å². The highest BCUT2D eigenvalue weighted by molar-refractivity contribution is 6.27. The lowest BCUT2D eigenvalue weighted by molar-refractivity contribution is 0.618. The van der Waals surface area contributed by atoms with Crippen LogP contribution in [0.15, 0.2) is 147 Å². The molecular formula is C40H22O3. The average Bonchev–Trinajstić information content (AvgIpc) is 3.78. The molecule has 0 bridgehead atoms. The van der Waals surface area contributed by atoms with Crippen LogP contribution in [0.5, 0.6) is 0 Å². The molecule has 0 spiro atoms. The molecular weight excluding hydrogens is 528 g/mol. The molecule has 0 fully saturated rings. The smallest absolute Gasteiger partial charge is 0.146 e. The largest absolute Gasteiger partial charge is 0.464 e. The fraction of sp³-hybridized carbons (Fsp3) is 0. The number of benzene rings is 7. The monoisotopic (exact) mass is 550 g/mol. The number of hydrogen-bond donors (Lipinski definition) is 0. The van der Waals surface area contributed by atoms with Crippen molar-refractivity contribution in [2.75, 3.05) is 0 Å². The molecule has 0 saturated heterocycles. The van der Waals surface area contributed by atoms with E-state index >= 15 is 0 Å². The third kappa shape index (κ3) is 3.08. The van der Waals surface area contributed by atoms with Crippen LogP contribution in [0.3, 0.4) is 0 Å². The molecule has 43 heavy (non-hydrogen) atoms. The Morgan fingerprint density at radius 1 is 0.372 bits per heavy atom. The molecule has 0 aliphatic carbocycles. The molecule has 7 aromatic carbocycles. The van der Waals surface area contributed by atoms with Crippen LogP contribution in [0, 0.1) is 0 Å². The first-order valence-electron chi connectivity index (χ1n) is 14.5. The van der Waals surface area contributed by atoms with Crippen molar-refractivity contribution in [3.8, 4) is 22.3 Å². The number of furan rings is 3. The quantitative estimate of drug-likeness (QED) is 0.201. The van der Waals surface area contributed by atoms with Crippen LogP contribution in [0.4, 0.5) is 0 Å². The Kier molecular flexibility index (Phi) is 4.45. The van der Waals surface area contributed by atoms with Gasteiger partial charge in [0.05, 0.1) is 11.6 Å². The molecule has 0 unspecified atom stereocenters. The topological polar surface area (TPSA) is 39.4 Å². The summed E-state index contributed by atoms with van der Waals surface area (Å²) in [6.45, 7) is 0. The molecule has 0 saturated carbocycles. The number of hydrogen-bond acceptors (Lipinski definition) is 3. The molecule has 200 valence electrons. The van der Waals surface area contributed by atoms with Gasteiger partial charge in [0.2, 0.25) is 0 Å². The van der Waals surface area contributed by atoms with Crippen LogP contribution in [0.25, 0.3) is 98.6 Å². The molecule has 3 aromatic heterocycles. The second-order valence-corrected chi connectivity index (χ2v) is 11.2. The minimum atomic E-state index is 0.827. The van der Waals surface area contributed by atoms with Crippen LogP contribution >= 0.6 is 0 Å². The van der Waals surface area contributed by atoms with Crippen molar-refractivity contribution in [1.82, 2.24) is 0 Å². The minimum absolute atomic E-state index is 0.827. The van der Waals surface area contributed by atoms with Crippen molar-refractivity contribution in [1.29, 1.82) is 0 Å². The van der Waals surface area contributed by atoms with E-state index in [4.69, 9.17) is 13.3 Å². The summed E-state index contributed by atoms with van der Waals surface area (Å²) in [4.78, 5) is 0. The molecule has 0 amide bonds. The number of fused-ring (bicyclic) bond motifs is 10. The van der Waals surface area contributed by atoms with E-state index in [9.17, 15) is 0 Å². The zero-order valence-corrected chi connectivity index (χ0v) is 22.9. The first-order valence-corrected chi connectivity index (χ1v) is 14.5. The van der Waals surface area contributed by atoms with Gasteiger partial charge >= 0.3 is 0 Å². The molecule has 10 aromatic rings. The highest BCUT2D eigenvalue weighted by Gasteiger charge is 2.22. The first-order chi connectivity index (χ1) is 21.3. The van der Waals surface area contributed by atoms with Gasteiger partial charge < -0.3 is 13.3 Å². The molecule has 3 nitrogen and oxygen atoms in total. The summed E-state index contributed by atoms with van der Waals surface area (Å²) in [5, 5.41) is 10.2. The van der Waals surface area contributed by atoms with Gasteiger partial charge in [-0.1, -0.05) is 91.0 Å². The van der Waals surface area contributed by atoms with Crippen LogP contribution < -0.4 is 0 Å². The van der Waals surface area contributed by atoms with Gasteiger partial charge in [0.1, 0.15) is 27.9 Å². The lowest BCUT2D eigenvalue weighted by Crippen LogP contribution is -1.91. The predicted molar refractivity (Wildman–Crippen MR) is 177 cm³/mol. The first kappa shape index (κ1) is 22.8. The molecule has 0 N–H and O–H groups in total. The van der Waals surface area contributed by atoms with E-state index in [1.165, 1.54) is 38.2 Å². The van der Waals surface area contributed by atoms with Crippen molar-refractivity contribution in [3.05, 3.63) is 134 Å². The number of para-hydroxylation sites is 2. The van der Waals surface area contributed by atoms with Gasteiger partial charge in [0, 0.05) is 21.5 Å². The summed E-state index contributed by atoms with van der Waals surface area (Å²) in [7, 11) is 0. The molecule has 0 atom stereocenters. The van der Waals surface area contributed by atoms with Gasteiger partial charge in [-0.15, -0.1) is 0 Å². The zero-order chi connectivity index (χ0) is 28.1.